The SMILES string of the molecule is CC/C=C\C/C=C\C/C=C\C/C=C\C/C=C\C/C=C\C/C=C\CCCCCCCCCCCCCCCCCCCCCC(=O)OC(COC(=O)CCCCCCCCCCC)COP(=O)(O)OCC[N+](C)(C)C. The second kappa shape index (κ2) is 55.0. The van der Waals surface area contributed by atoms with Gasteiger partial charge in [-0.3, -0.25) is 18.6 Å². The van der Waals surface area contributed by atoms with Crippen LogP contribution in [0.15, 0.2) is 85.1 Å². The summed E-state index contributed by atoms with van der Waals surface area (Å²) in [4.78, 5) is 35.5. The molecule has 2 unspecified atom stereocenters. The van der Waals surface area contributed by atoms with E-state index >= 15 is 0 Å². The van der Waals surface area contributed by atoms with Crippen LogP contribution in [-0.4, -0.2) is 74.9 Å². The standard InChI is InChI=1S/C64H114NO8P/c1-6-8-10-12-14-16-17-18-19-20-21-22-23-24-25-26-27-28-29-30-31-32-33-34-35-36-37-38-39-40-41-42-43-44-45-46-47-49-51-53-55-57-64(67)73-62(61-72-74(68,69)71-59-58-65(3,4)5)60-70-63(66)56-54-52-50-48-15-13-11-9-7-2/h8,10,14,16,18-19,21-22,24-25,27-28,30-31,62H,6-7,9,11-13,15,17,20,23,26,29,32-61H2,1-5H3/p+1/b10-8-,16-14-,19-18-,22-21-,25-24-,28-27-,31-30-. The number of phosphoric acid groups is 1. The Kier molecular flexibility index (Phi) is 52.9. The first-order valence-corrected chi connectivity index (χ1v) is 31.8. The van der Waals surface area contributed by atoms with E-state index in [1.165, 1.54) is 148 Å². The van der Waals surface area contributed by atoms with Crippen molar-refractivity contribution in [1.29, 1.82) is 0 Å². The molecule has 2 atom stereocenters. The summed E-state index contributed by atoms with van der Waals surface area (Å²) < 4.78 is 34.4. The van der Waals surface area contributed by atoms with Gasteiger partial charge in [-0.25, -0.2) is 4.57 Å². The topological polar surface area (TPSA) is 108 Å². The predicted molar refractivity (Wildman–Crippen MR) is 316 cm³/mol. The quantitative estimate of drug-likeness (QED) is 0.0211. The molecule has 0 fully saturated rings. The van der Waals surface area contributed by atoms with E-state index in [1.54, 1.807) is 0 Å². The lowest BCUT2D eigenvalue weighted by molar-refractivity contribution is -0.870. The van der Waals surface area contributed by atoms with Crippen molar-refractivity contribution in [2.45, 2.75) is 264 Å². The number of allylic oxidation sites excluding steroid dienone is 14. The minimum absolute atomic E-state index is 0.0321. The number of phosphoric ester groups is 1. The van der Waals surface area contributed by atoms with Crippen LogP contribution in [-0.2, 0) is 32.7 Å². The van der Waals surface area contributed by atoms with Crippen LogP contribution in [0.2, 0.25) is 0 Å². The number of quaternary nitrogens is 1. The Bertz CT molecular complexity index is 1520. The first-order valence-electron chi connectivity index (χ1n) is 30.3. The van der Waals surface area contributed by atoms with E-state index < -0.39 is 26.5 Å². The summed E-state index contributed by atoms with van der Waals surface area (Å²) in [5, 5.41) is 0. The normalized spacial score (nSPS) is 13.9. The zero-order valence-corrected chi connectivity index (χ0v) is 49.5. The van der Waals surface area contributed by atoms with Gasteiger partial charge in [-0.05, 0) is 70.6 Å². The predicted octanol–water partition coefficient (Wildman–Crippen LogP) is 19.0. The lowest BCUT2D eigenvalue weighted by Gasteiger charge is -2.24. The third kappa shape index (κ3) is 58.5. The fourth-order valence-corrected chi connectivity index (χ4v) is 9.03. The summed E-state index contributed by atoms with van der Waals surface area (Å²) >= 11 is 0. The molecule has 0 amide bonds. The van der Waals surface area contributed by atoms with Gasteiger partial charge in [-0.1, -0.05) is 259 Å². The Morgan fingerprint density at radius 3 is 1.15 bits per heavy atom. The van der Waals surface area contributed by atoms with E-state index in [2.05, 4.69) is 98.9 Å². The number of likely N-dealkylation sites (N-methyl/N-ethyl adjacent to an activating group) is 1. The minimum atomic E-state index is -4.38. The van der Waals surface area contributed by atoms with Crippen molar-refractivity contribution in [3.8, 4) is 0 Å². The summed E-state index contributed by atoms with van der Waals surface area (Å²) in [5.41, 5.74) is 0. The minimum Gasteiger partial charge on any atom is -0.462 e. The summed E-state index contributed by atoms with van der Waals surface area (Å²) in [7, 11) is 1.48. The highest BCUT2D eigenvalue weighted by atomic mass is 31.2. The summed E-state index contributed by atoms with van der Waals surface area (Å²) in [5.74, 6) is -0.794. The zero-order valence-electron chi connectivity index (χ0n) is 48.6. The maximum Gasteiger partial charge on any atom is 0.472 e. The molecule has 0 aliphatic heterocycles. The van der Waals surface area contributed by atoms with Crippen molar-refractivity contribution in [2.75, 3.05) is 47.5 Å². The zero-order chi connectivity index (χ0) is 54.2. The number of carbonyl (C=O) groups excluding carboxylic acids is 2. The molecule has 428 valence electrons. The number of carbonyl (C=O) groups is 2. The highest BCUT2D eigenvalue weighted by Crippen LogP contribution is 2.43. The molecule has 0 radical (unpaired) electrons. The van der Waals surface area contributed by atoms with Crippen LogP contribution < -0.4 is 0 Å². The number of ether oxygens (including phenoxy) is 2. The molecule has 0 aromatic heterocycles. The maximum absolute atomic E-state index is 12.8. The van der Waals surface area contributed by atoms with Crippen LogP contribution in [0.1, 0.15) is 258 Å². The van der Waals surface area contributed by atoms with Crippen LogP contribution in [0.3, 0.4) is 0 Å². The van der Waals surface area contributed by atoms with E-state index in [0.717, 1.165) is 77.0 Å². The molecule has 0 bridgehead atoms. The van der Waals surface area contributed by atoms with Gasteiger partial charge < -0.3 is 18.9 Å². The third-order valence-electron chi connectivity index (χ3n) is 12.9. The summed E-state index contributed by atoms with van der Waals surface area (Å²) in [6.45, 7) is 4.30. The monoisotopic (exact) mass is 1060 g/mol. The van der Waals surface area contributed by atoms with E-state index in [-0.39, 0.29) is 25.6 Å². The van der Waals surface area contributed by atoms with Gasteiger partial charge >= 0.3 is 19.8 Å². The van der Waals surface area contributed by atoms with Crippen molar-refractivity contribution in [1.82, 2.24) is 0 Å². The summed E-state index contributed by atoms with van der Waals surface area (Å²) in [6, 6.07) is 0. The molecule has 0 aliphatic carbocycles. The Balaban J connectivity index is 3.87. The molecule has 0 heterocycles. The summed E-state index contributed by atoms with van der Waals surface area (Å²) in [6.07, 6.45) is 74.1. The molecule has 74 heavy (non-hydrogen) atoms. The van der Waals surface area contributed by atoms with Crippen molar-refractivity contribution in [2.24, 2.45) is 0 Å². The Morgan fingerprint density at radius 1 is 0.432 bits per heavy atom. The van der Waals surface area contributed by atoms with Gasteiger partial charge in [0.15, 0.2) is 6.10 Å². The van der Waals surface area contributed by atoms with Crippen molar-refractivity contribution in [3.05, 3.63) is 85.1 Å². The highest BCUT2D eigenvalue weighted by molar-refractivity contribution is 7.47. The van der Waals surface area contributed by atoms with Gasteiger partial charge in [0.25, 0.3) is 0 Å². The van der Waals surface area contributed by atoms with Gasteiger partial charge in [0.05, 0.1) is 27.7 Å². The van der Waals surface area contributed by atoms with Gasteiger partial charge in [0.2, 0.25) is 0 Å². The first kappa shape index (κ1) is 71.2. The van der Waals surface area contributed by atoms with Gasteiger partial charge in [0, 0.05) is 12.8 Å². The molecule has 0 saturated carbocycles. The molecule has 0 aromatic carbocycles. The number of esters is 2. The van der Waals surface area contributed by atoms with Crippen LogP contribution in [0.5, 0.6) is 0 Å². The average molecular weight is 1060 g/mol. The van der Waals surface area contributed by atoms with Gasteiger partial charge in [0.1, 0.15) is 19.8 Å². The number of hydrogen-bond donors (Lipinski definition) is 1. The fourth-order valence-electron chi connectivity index (χ4n) is 8.29. The Hall–Kier alpha value is -2.81. The number of hydrogen-bond acceptors (Lipinski definition) is 7. The highest BCUT2D eigenvalue weighted by Gasteiger charge is 2.27. The molecule has 10 heteroatoms. The van der Waals surface area contributed by atoms with Crippen LogP contribution in [0.25, 0.3) is 0 Å². The van der Waals surface area contributed by atoms with Gasteiger partial charge in [-0.2, -0.15) is 0 Å². The second-order valence-electron chi connectivity index (χ2n) is 21.4. The number of nitrogens with zero attached hydrogens (tertiary/aromatic N) is 1. The molecule has 0 rings (SSSR count). The van der Waals surface area contributed by atoms with Crippen LogP contribution in [0.4, 0.5) is 0 Å². The fraction of sp³-hybridized carbons (Fsp3) is 0.750. The van der Waals surface area contributed by atoms with E-state index in [0.29, 0.717) is 23.9 Å². The Labute approximate surface area is 456 Å². The molecule has 0 saturated heterocycles. The molecule has 0 aromatic rings. The van der Waals surface area contributed by atoms with Crippen molar-refractivity contribution in [3.63, 3.8) is 0 Å². The second-order valence-corrected chi connectivity index (χ2v) is 22.8. The Morgan fingerprint density at radius 2 is 0.770 bits per heavy atom. The van der Waals surface area contributed by atoms with Crippen LogP contribution >= 0.6 is 7.82 Å². The smallest absolute Gasteiger partial charge is 0.462 e. The molecule has 0 spiro atoms. The largest absolute Gasteiger partial charge is 0.472 e. The number of rotatable bonds is 55. The molecular weight excluding hydrogens is 942 g/mol. The van der Waals surface area contributed by atoms with Crippen LogP contribution in [0, 0.1) is 0 Å². The van der Waals surface area contributed by atoms with E-state index in [9.17, 15) is 19.0 Å². The van der Waals surface area contributed by atoms with Gasteiger partial charge in [-0.15, -0.1) is 0 Å². The van der Waals surface area contributed by atoms with Crippen molar-refractivity contribution < 1.29 is 42.1 Å². The third-order valence-corrected chi connectivity index (χ3v) is 13.9. The lowest BCUT2D eigenvalue weighted by Crippen LogP contribution is -2.37. The van der Waals surface area contributed by atoms with E-state index in [1.807, 2.05) is 21.1 Å². The van der Waals surface area contributed by atoms with Crippen molar-refractivity contribution >= 4 is 19.8 Å². The number of unbranched alkanes of at least 4 members (excludes halogenated alkanes) is 27. The maximum atomic E-state index is 12.8. The average Bonchev–Trinajstić information content (AvgIpc) is 3.36. The molecule has 1 N–H and O–H groups in total. The van der Waals surface area contributed by atoms with E-state index in [4.69, 9.17) is 18.5 Å². The molecule has 0 aliphatic rings. The molecular formula is C64H115NO8P+. The first-order chi connectivity index (χ1) is 36.0. The molecule has 9 nitrogen and oxygen atoms in total. The lowest BCUT2D eigenvalue weighted by atomic mass is 10.0.